The molecule has 1 atom stereocenters. The van der Waals surface area contributed by atoms with E-state index in [1.807, 2.05) is 0 Å². The second-order valence-corrected chi connectivity index (χ2v) is 6.19. The average Bonchev–Trinajstić information content (AvgIpc) is 3.15. The zero-order chi connectivity index (χ0) is 14.1. The van der Waals surface area contributed by atoms with Crippen molar-refractivity contribution in [3.63, 3.8) is 0 Å². The summed E-state index contributed by atoms with van der Waals surface area (Å²) in [6.07, 6.45) is 6.45. The molecular weight excluding hydrogens is 252 g/mol. The average molecular weight is 276 g/mol. The molecule has 1 fully saturated rings. The van der Waals surface area contributed by atoms with Crippen LogP contribution in [0.25, 0.3) is 0 Å². The Kier molecular flexibility index (Phi) is 3.83. The van der Waals surface area contributed by atoms with Crippen molar-refractivity contribution in [3.05, 3.63) is 23.0 Å². The summed E-state index contributed by atoms with van der Waals surface area (Å²) in [7, 11) is 0. The highest BCUT2D eigenvalue weighted by Crippen LogP contribution is 2.32. The molecule has 1 aromatic heterocycles. The minimum Gasteiger partial charge on any atom is -0.388 e. The van der Waals surface area contributed by atoms with Gasteiger partial charge in [0.1, 0.15) is 0 Å². The molecule has 0 aliphatic heterocycles. The number of rotatable bonds is 5. The van der Waals surface area contributed by atoms with Crippen LogP contribution in [-0.4, -0.2) is 21.6 Å². The van der Waals surface area contributed by atoms with Crippen LogP contribution in [0.3, 0.4) is 0 Å². The lowest BCUT2D eigenvalue weighted by Crippen LogP contribution is -2.25. The van der Waals surface area contributed by atoms with Crippen molar-refractivity contribution in [1.82, 2.24) is 9.88 Å². The van der Waals surface area contributed by atoms with Gasteiger partial charge in [0.2, 0.25) is 5.91 Å². The van der Waals surface area contributed by atoms with E-state index in [1.54, 1.807) is 0 Å². The molecule has 2 aliphatic rings. The largest absolute Gasteiger partial charge is 0.388 e. The van der Waals surface area contributed by atoms with Crippen molar-refractivity contribution in [2.24, 2.45) is 0 Å². The Labute approximate surface area is 120 Å². The molecule has 4 heteroatoms. The molecule has 1 heterocycles. The summed E-state index contributed by atoms with van der Waals surface area (Å²) in [4.78, 5) is 11.7. The van der Waals surface area contributed by atoms with Gasteiger partial charge >= 0.3 is 0 Å². The molecule has 3 rings (SSSR count). The van der Waals surface area contributed by atoms with Gasteiger partial charge in [0.15, 0.2) is 0 Å². The van der Waals surface area contributed by atoms with Gasteiger partial charge in [0.05, 0.1) is 6.10 Å². The lowest BCUT2D eigenvalue weighted by Gasteiger charge is -2.20. The fourth-order valence-corrected chi connectivity index (χ4v) is 3.18. The fourth-order valence-electron chi connectivity index (χ4n) is 3.18. The number of amides is 1. The van der Waals surface area contributed by atoms with Crippen molar-refractivity contribution in [1.29, 1.82) is 0 Å². The number of carbonyl (C=O) groups is 1. The summed E-state index contributed by atoms with van der Waals surface area (Å²) in [5.41, 5.74) is 3.60. The second kappa shape index (κ2) is 5.60. The molecule has 2 aliphatic carbocycles. The Morgan fingerprint density at radius 1 is 1.45 bits per heavy atom. The SMILES string of the molecule is Cc1cc2c(n1CCCC(=O)NC1CC1)CCCC2O. The van der Waals surface area contributed by atoms with E-state index in [0.29, 0.717) is 12.5 Å². The Morgan fingerprint density at radius 3 is 3.00 bits per heavy atom. The Balaban J connectivity index is 1.58. The molecule has 0 radical (unpaired) electrons. The number of aryl methyl sites for hydroxylation is 1. The van der Waals surface area contributed by atoms with E-state index in [9.17, 15) is 9.90 Å². The number of nitrogens with one attached hydrogen (secondary N) is 1. The molecule has 1 unspecified atom stereocenters. The number of fused-ring (bicyclic) bond motifs is 1. The summed E-state index contributed by atoms with van der Waals surface area (Å²) in [5, 5.41) is 13.1. The Bertz CT molecular complexity index is 503. The number of carbonyl (C=O) groups excluding carboxylic acids is 1. The lowest BCUT2D eigenvalue weighted by molar-refractivity contribution is -0.121. The summed E-state index contributed by atoms with van der Waals surface area (Å²) < 4.78 is 2.29. The molecule has 110 valence electrons. The maximum Gasteiger partial charge on any atom is 0.220 e. The summed E-state index contributed by atoms with van der Waals surface area (Å²) in [6.45, 7) is 2.97. The van der Waals surface area contributed by atoms with Crippen LogP contribution < -0.4 is 5.32 Å². The monoisotopic (exact) mass is 276 g/mol. The first-order valence-electron chi connectivity index (χ1n) is 7.81. The van der Waals surface area contributed by atoms with Crippen LogP contribution in [0.5, 0.6) is 0 Å². The first-order chi connectivity index (χ1) is 9.65. The van der Waals surface area contributed by atoms with Crippen LogP contribution in [-0.2, 0) is 17.8 Å². The number of hydrogen-bond acceptors (Lipinski definition) is 2. The molecule has 1 saturated carbocycles. The molecule has 0 spiro atoms. The first-order valence-corrected chi connectivity index (χ1v) is 7.81. The third-order valence-electron chi connectivity index (χ3n) is 4.43. The van der Waals surface area contributed by atoms with Gasteiger partial charge in [-0.2, -0.15) is 0 Å². The second-order valence-electron chi connectivity index (χ2n) is 6.19. The predicted molar refractivity (Wildman–Crippen MR) is 77.5 cm³/mol. The van der Waals surface area contributed by atoms with Crippen LogP contribution >= 0.6 is 0 Å². The van der Waals surface area contributed by atoms with E-state index < -0.39 is 0 Å². The van der Waals surface area contributed by atoms with Crippen molar-refractivity contribution < 1.29 is 9.90 Å². The Hall–Kier alpha value is -1.29. The zero-order valence-corrected chi connectivity index (χ0v) is 12.2. The van der Waals surface area contributed by atoms with E-state index in [0.717, 1.165) is 50.6 Å². The number of aliphatic hydroxyl groups excluding tert-OH is 1. The molecular formula is C16H24N2O2. The van der Waals surface area contributed by atoms with Gasteiger partial charge in [-0.15, -0.1) is 0 Å². The van der Waals surface area contributed by atoms with Crippen LogP contribution in [0.15, 0.2) is 6.07 Å². The van der Waals surface area contributed by atoms with E-state index in [2.05, 4.69) is 22.9 Å². The van der Waals surface area contributed by atoms with E-state index >= 15 is 0 Å². The lowest BCUT2D eigenvalue weighted by atomic mass is 9.95. The van der Waals surface area contributed by atoms with Crippen molar-refractivity contribution >= 4 is 5.91 Å². The zero-order valence-electron chi connectivity index (χ0n) is 12.2. The van der Waals surface area contributed by atoms with Crippen molar-refractivity contribution in [2.75, 3.05) is 0 Å². The normalized spacial score (nSPS) is 21.6. The summed E-state index contributed by atoms with van der Waals surface area (Å²) in [5.74, 6) is 0.186. The number of hydrogen-bond donors (Lipinski definition) is 2. The molecule has 0 bridgehead atoms. The first kappa shape index (κ1) is 13.7. The van der Waals surface area contributed by atoms with Gasteiger partial charge in [0, 0.05) is 36.0 Å². The van der Waals surface area contributed by atoms with Crippen molar-refractivity contribution in [2.45, 2.75) is 70.6 Å². The molecule has 4 nitrogen and oxygen atoms in total. The maximum atomic E-state index is 11.7. The van der Waals surface area contributed by atoms with Gasteiger partial charge < -0.3 is 15.0 Å². The Morgan fingerprint density at radius 2 is 2.25 bits per heavy atom. The topological polar surface area (TPSA) is 54.3 Å². The minimum absolute atomic E-state index is 0.186. The van der Waals surface area contributed by atoms with E-state index in [4.69, 9.17) is 0 Å². The third kappa shape index (κ3) is 2.90. The quantitative estimate of drug-likeness (QED) is 0.866. The smallest absolute Gasteiger partial charge is 0.220 e. The van der Waals surface area contributed by atoms with Crippen molar-refractivity contribution in [3.8, 4) is 0 Å². The minimum atomic E-state index is -0.295. The molecule has 1 amide bonds. The van der Waals surface area contributed by atoms with E-state index in [1.165, 1.54) is 11.4 Å². The standard InChI is InChI=1S/C16H24N2O2/c1-11-10-13-14(4-2-5-15(13)19)18(11)9-3-6-16(20)17-12-7-8-12/h10,12,15,19H,2-9H2,1H3,(H,17,20). The third-order valence-corrected chi connectivity index (χ3v) is 4.43. The van der Waals surface area contributed by atoms with Crippen LogP contribution in [0.1, 0.15) is 61.6 Å². The molecule has 0 saturated heterocycles. The number of nitrogens with zero attached hydrogens (tertiary/aromatic N) is 1. The fraction of sp³-hybridized carbons (Fsp3) is 0.688. The predicted octanol–water partition coefficient (Wildman–Crippen LogP) is 2.23. The highest BCUT2D eigenvalue weighted by Gasteiger charge is 2.24. The molecule has 2 N–H and O–H groups in total. The number of aromatic nitrogens is 1. The summed E-state index contributed by atoms with van der Waals surface area (Å²) >= 11 is 0. The summed E-state index contributed by atoms with van der Waals surface area (Å²) in [6, 6.07) is 2.57. The van der Waals surface area contributed by atoms with Gasteiger partial charge in [-0.05, 0) is 51.5 Å². The van der Waals surface area contributed by atoms with Crippen LogP contribution in [0.4, 0.5) is 0 Å². The highest BCUT2D eigenvalue weighted by atomic mass is 16.3. The molecule has 1 aromatic rings. The van der Waals surface area contributed by atoms with Crippen LogP contribution in [0.2, 0.25) is 0 Å². The number of aliphatic hydroxyl groups is 1. The van der Waals surface area contributed by atoms with Gasteiger partial charge in [0.25, 0.3) is 0 Å². The molecule has 0 aromatic carbocycles. The van der Waals surface area contributed by atoms with E-state index in [-0.39, 0.29) is 12.0 Å². The van der Waals surface area contributed by atoms with Gasteiger partial charge in [-0.3, -0.25) is 4.79 Å². The van der Waals surface area contributed by atoms with Gasteiger partial charge in [-0.1, -0.05) is 0 Å². The highest BCUT2D eigenvalue weighted by molar-refractivity contribution is 5.76. The maximum absolute atomic E-state index is 11.7. The van der Waals surface area contributed by atoms with Crippen LogP contribution in [0, 0.1) is 6.92 Å². The van der Waals surface area contributed by atoms with Gasteiger partial charge in [-0.25, -0.2) is 0 Å². The molecule has 20 heavy (non-hydrogen) atoms.